The van der Waals surface area contributed by atoms with Gasteiger partial charge in [-0.2, -0.15) is 0 Å². The molecular formula is C13H18N2O. The highest BCUT2D eigenvalue weighted by molar-refractivity contribution is 5.66. The normalized spacial score (nSPS) is 24.5. The maximum absolute atomic E-state index is 6.04. The highest BCUT2D eigenvalue weighted by Gasteiger charge is 2.27. The van der Waals surface area contributed by atoms with Gasteiger partial charge in [-0.3, -0.25) is 0 Å². The van der Waals surface area contributed by atoms with Gasteiger partial charge in [-0.05, 0) is 37.0 Å². The number of rotatable bonds is 1. The molecule has 1 atom stereocenters. The maximum atomic E-state index is 6.04. The summed E-state index contributed by atoms with van der Waals surface area (Å²) in [4.78, 5) is 2.49. The summed E-state index contributed by atoms with van der Waals surface area (Å²) in [5.74, 6) is 0. The number of fused-ring (bicyclic) bond motifs is 1. The van der Waals surface area contributed by atoms with Gasteiger partial charge in [-0.15, -0.1) is 0 Å². The van der Waals surface area contributed by atoms with Crippen LogP contribution in [-0.4, -0.2) is 25.8 Å². The van der Waals surface area contributed by atoms with Crippen LogP contribution in [0.25, 0.3) is 0 Å². The first-order valence-electron chi connectivity index (χ1n) is 6.08. The Hall–Kier alpha value is -1.22. The summed E-state index contributed by atoms with van der Waals surface area (Å²) in [7, 11) is 0. The minimum absolute atomic E-state index is 0.556. The lowest BCUT2D eigenvalue weighted by Crippen LogP contribution is -2.39. The first-order valence-corrected chi connectivity index (χ1v) is 6.08. The molecule has 0 aliphatic carbocycles. The molecule has 0 saturated carbocycles. The van der Waals surface area contributed by atoms with E-state index in [1.54, 1.807) is 0 Å². The van der Waals surface area contributed by atoms with Gasteiger partial charge in [0.1, 0.15) is 0 Å². The zero-order valence-corrected chi connectivity index (χ0v) is 9.48. The lowest BCUT2D eigenvalue weighted by molar-refractivity contribution is 0.193. The van der Waals surface area contributed by atoms with Crippen molar-refractivity contribution in [1.29, 1.82) is 0 Å². The lowest BCUT2D eigenvalue weighted by atomic mass is 9.98. The van der Waals surface area contributed by atoms with E-state index >= 15 is 0 Å². The fraction of sp³-hybridized carbons (Fsp3) is 0.538. The summed E-state index contributed by atoms with van der Waals surface area (Å²) in [5.41, 5.74) is 9.66. The topological polar surface area (TPSA) is 38.5 Å². The van der Waals surface area contributed by atoms with E-state index in [0.717, 1.165) is 38.3 Å². The summed E-state index contributed by atoms with van der Waals surface area (Å²) in [6.07, 6.45) is 3.47. The lowest BCUT2D eigenvalue weighted by Gasteiger charge is -2.36. The van der Waals surface area contributed by atoms with Gasteiger partial charge in [0.2, 0.25) is 0 Å². The molecule has 1 fully saturated rings. The average molecular weight is 218 g/mol. The van der Waals surface area contributed by atoms with Crippen molar-refractivity contribution < 1.29 is 4.74 Å². The van der Waals surface area contributed by atoms with E-state index in [9.17, 15) is 0 Å². The predicted octanol–water partition coefficient (Wildman–Crippen LogP) is 1.81. The van der Waals surface area contributed by atoms with Crippen LogP contribution in [-0.2, 0) is 11.2 Å². The van der Waals surface area contributed by atoms with E-state index in [0.29, 0.717) is 6.04 Å². The molecule has 0 aromatic heterocycles. The molecule has 2 aliphatic rings. The molecule has 0 spiro atoms. The smallest absolute Gasteiger partial charge is 0.0670 e. The molecule has 1 aromatic carbocycles. The molecule has 0 radical (unpaired) electrons. The number of anilines is 2. The Bertz CT molecular complexity index is 386. The minimum atomic E-state index is 0.556. The maximum Gasteiger partial charge on any atom is 0.0670 e. The van der Waals surface area contributed by atoms with Gasteiger partial charge in [0, 0.05) is 24.5 Å². The van der Waals surface area contributed by atoms with Crippen molar-refractivity contribution >= 4 is 11.4 Å². The SMILES string of the molecule is Nc1cccc2c1CCCN2C1CCOC1. The van der Waals surface area contributed by atoms with Crippen molar-refractivity contribution in [3.63, 3.8) is 0 Å². The van der Waals surface area contributed by atoms with Crippen molar-refractivity contribution in [3.05, 3.63) is 23.8 Å². The molecule has 3 rings (SSSR count). The number of ether oxygens (including phenoxy) is 1. The fourth-order valence-corrected chi connectivity index (χ4v) is 2.83. The van der Waals surface area contributed by atoms with Crippen molar-refractivity contribution in [3.8, 4) is 0 Å². The summed E-state index contributed by atoms with van der Waals surface area (Å²) in [6.45, 7) is 2.91. The van der Waals surface area contributed by atoms with Crippen molar-refractivity contribution in [2.24, 2.45) is 0 Å². The molecule has 1 aromatic rings. The molecule has 86 valence electrons. The molecular weight excluding hydrogens is 200 g/mol. The van der Waals surface area contributed by atoms with Crippen LogP contribution < -0.4 is 10.6 Å². The Kier molecular flexibility index (Phi) is 2.48. The van der Waals surface area contributed by atoms with Crippen LogP contribution in [0.5, 0.6) is 0 Å². The van der Waals surface area contributed by atoms with Gasteiger partial charge in [0.25, 0.3) is 0 Å². The van der Waals surface area contributed by atoms with Crippen LogP contribution in [0.3, 0.4) is 0 Å². The van der Waals surface area contributed by atoms with Crippen molar-refractivity contribution in [2.45, 2.75) is 25.3 Å². The predicted molar refractivity (Wildman–Crippen MR) is 65.7 cm³/mol. The zero-order chi connectivity index (χ0) is 11.0. The van der Waals surface area contributed by atoms with Gasteiger partial charge in [0.05, 0.1) is 12.6 Å². The Balaban J connectivity index is 1.96. The monoisotopic (exact) mass is 218 g/mol. The number of benzene rings is 1. The molecule has 3 nitrogen and oxygen atoms in total. The van der Waals surface area contributed by atoms with Gasteiger partial charge in [0.15, 0.2) is 0 Å². The first kappa shape index (κ1) is 9.97. The molecule has 1 unspecified atom stereocenters. The van der Waals surface area contributed by atoms with E-state index in [2.05, 4.69) is 17.0 Å². The second-order valence-electron chi connectivity index (χ2n) is 4.66. The van der Waals surface area contributed by atoms with E-state index in [4.69, 9.17) is 10.5 Å². The number of nitrogens with zero attached hydrogens (tertiary/aromatic N) is 1. The highest BCUT2D eigenvalue weighted by Crippen LogP contribution is 2.33. The van der Waals surface area contributed by atoms with Crippen LogP contribution in [0.4, 0.5) is 11.4 Å². The van der Waals surface area contributed by atoms with Gasteiger partial charge >= 0.3 is 0 Å². The quantitative estimate of drug-likeness (QED) is 0.731. The fourth-order valence-electron chi connectivity index (χ4n) is 2.83. The van der Waals surface area contributed by atoms with Crippen LogP contribution in [0.2, 0.25) is 0 Å². The Labute approximate surface area is 96.2 Å². The van der Waals surface area contributed by atoms with Gasteiger partial charge in [-0.25, -0.2) is 0 Å². The van der Waals surface area contributed by atoms with E-state index in [1.807, 2.05) is 6.07 Å². The van der Waals surface area contributed by atoms with Crippen molar-refractivity contribution in [1.82, 2.24) is 0 Å². The van der Waals surface area contributed by atoms with Crippen LogP contribution in [0.1, 0.15) is 18.4 Å². The third-order valence-corrected chi connectivity index (χ3v) is 3.67. The molecule has 1 saturated heterocycles. The summed E-state index contributed by atoms with van der Waals surface area (Å²) >= 11 is 0. The first-order chi connectivity index (χ1) is 7.86. The number of nitrogen functional groups attached to an aromatic ring is 1. The molecule has 2 heterocycles. The number of hydrogen-bond donors (Lipinski definition) is 1. The number of hydrogen-bond acceptors (Lipinski definition) is 3. The molecule has 2 aliphatic heterocycles. The molecule has 2 N–H and O–H groups in total. The summed E-state index contributed by atoms with van der Waals surface area (Å²) < 4.78 is 5.48. The van der Waals surface area contributed by atoms with Gasteiger partial charge in [-0.1, -0.05) is 6.07 Å². The Morgan fingerprint density at radius 2 is 2.31 bits per heavy atom. The van der Waals surface area contributed by atoms with E-state index in [1.165, 1.54) is 17.7 Å². The second-order valence-corrected chi connectivity index (χ2v) is 4.66. The van der Waals surface area contributed by atoms with E-state index < -0.39 is 0 Å². The van der Waals surface area contributed by atoms with E-state index in [-0.39, 0.29) is 0 Å². The van der Waals surface area contributed by atoms with Gasteiger partial charge < -0.3 is 15.4 Å². The zero-order valence-electron chi connectivity index (χ0n) is 9.48. The largest absolute Gasteiger partial charge is 0.398 e. The molecule has 0 amide bonds. The third kappa shape index (κ3) is 1.55. The summed E-state index contributed by atoms with van der Waals surface area (Å²) in [6, 6.07) is 6.82. The Morgan fingerprint density at radius 3 is 3.12 bits per heavy atom. The van der Waals surface area contributed by atoms with Crippen LogP contribution in [0.15, 0.2) is 18.2 Å². The molecule has 3 heteroatoms. The van der Waals surface area contributed by atoms with Crippen LogP contribution in [0, 0.1) is 0 Å². The summed E-state index contributed by atoms with van der Waals surface area (Å²) in [5, 5.41) is 0. The standard InChI is InChI=1S/C13H18N2O/c14-12-4-1-5-13-11(12)3-2-7-15(13)10-6-8-16-9-10/h1,4-5,10H,2-3,6-9,14H2. The van der Waals surface area contributed by atoms with Crippen LogP contribution >= 0.6 is 0 Å². The highest BCUT2D eigenvalue weighted by atomic mass is 16.5. The van der Waals surface area contributed by atoms with Crippen molar-refractivity contribution in [2.75, 3.05) is 30.4 Å². The second kappa shape index (κ2) is 3.98. The average Bonchev–Trinajstić information content (AvgIpc) is 2.82. The molecule has 0 bridgehead atoms. The number of nitrogens with two attached hydrogens (primary N) is 1. The molecule has 16 heavy (non-hydrogen) atoms. The third-order valence-electron chi connectivity index (χ3n) is 3.67. The minimum Gasteiger partial charge on any atom is -0.398 e. The Morgan fingerprint density at radius 1 is 1.38 bits per heavy atom.